The van der Waals surface area contributed by atoms with Crippen LogP contribution in [-0.4, -0.2) is 12.1 Å². The van der Waals surface area contributed by atoms with Crippen molar-refractivity contribution in [3.8, 4) is 0 Å². The minimum absolute atomic E-state index is 0.0599. The standard InChI is InChI=1S/C15H22N2O/c1-3-11-7-5-8-12(4-2)14(11)17-15(18)16-13-9-6-10-13/h5,7-8,13H,3-4,6,9-10H2,1-2H3,(H2,16,17,18). The monoisotopic (exact) mass is 246 g/mol. The van der Waals surface area contributed by atoms with E-state index in [1.165, 1.54) is 17.5 Å². The second-order valence-electron chi connectivity index (χ2n) is 4.88. The van der Waals surface area contributed by atoms with E-state index in [-0.39, 0.29) is 6.03 Å². The molecule has 0 heterocycles. The number of hydrogen-bond donors (Lipinski definition) is 2. The van der Waals surface area contributed by atoms with Crippen molar-refractivity contribution < 1.29 is 4.79 Å². The third kappa shape index (κ3) is 2.84. The van der Waals surface area contributed by atoms with Gasteiger partial charge in [0, 0.05) is 11.7 Å². The maximum Gasteiger partial charge on any atom is 0.319 e. The molecule has 0 radical (unpaired) electrons. The summed E-state index contributed by atoms with van der Waals surface area (Å²) in [5.74, 6) is 0. The van der Waals surface area contributed by atoms with Crippen LogP contribution in [-0.2, 0) is 12.8 Å². The third-order valence-corrected chi connectivity index (χ3v) is 3.68. The van der Waals surface area contributed by atoms with E-state index in [0.717, 1.165) is 31.4 Å². The van der Waals surface area contributed by atoms with Crippen molar-refractivity contribution in [1.29, 1.82) is 0 Å². The van der Waals surface area contributed by atoms with Gasteiger partial charge in [0.05, 0.1) is 0 Å². The Morgan fingerprint density at radius 3 is 2.28 bits per heavy atom. The largest absolute Gasteiger partial charge is 0.335 e. The van der Waals surface area contributed by atoms with Gasteiger partial charge in [-0.25, -0.2) is 4.79 Å². The van der Waals surface area contributed by atoms with Crippen LogP contribution in [0.15, 0.2) is 18.2 Å². The fourth-order valence-electron chi connectivity index (χ4n) is 2.29. The molecule has 0 bridgehead atoms. The number of amides is 2. The van der Waals surface area contributed by atoms with Gasteiger partial charge < -0.3 is 10.6 Å². The van der Waals surface area contributed by atoms with Gasteiger partial charge >= 0.3 is 6.03 Å². The highest BCUT2D eigenvalue weighted by Crippen LogP contribution is 2.23. The van der Waals surface area contributed by atoms with E-state index >= 15 is 0 Å². The van der Waals surface area contributed by atoms with Crippen LogP contribution in [0.2, 0.25) is 0 Å². The van der Waals surface area contributed by atoms with Crippen molar-refractivity contribution >= 4 is 11.7 Å². The van der Waals surface area contributed by atoms with Gasteiger partial charge in [0.25, 0.3) is 0 Å². The molecular weight excluding hydrogens is 224 g/mol. The number of rotatable bonds is 4. The molecule has 2 rings (SSSR count). The zero-order valence-corrected chi connectivity index (χ0v) is 11.3. The van der Waals surface area contributed by atoms with Crippen LogP contribution < -0.4 is 10.6 Å². The predicted molar refractivity (Wildman–Crippen MR) is 75.0 cm³/mol. The van der Waals surface area contributed by atoms with Gasteiger partial charge in [0.15, 0.2) is 0 Å². The van der Waals surface area contributed by atoms with Gasteiger partial charge in [-0.05, 0) is 43.2 Å². The first-order valence-electron chi connectivity index (χ1n) is 6.92. The summed E-state index contributed by atoms with van der Waals surface area (Å²) in [6.07, 6.45) is 5.34. The summed E-state index contributed by atoms with van der Waals surface area (Å²) < 4.78 is 0. The maximum absolute atomic E-state index is 11.9. The summed E-state index contributed by atoms with van der Waals surface area (Å²) in [6, 6.07) is 6.54. The van der Waals surface area contributed by atoms with Crippen molar-refractivity contribution in [3.05, 3.63) is 29.3 Å². The van der Waals surface area contributed by atoms with E-state index in [9.17, 15) is 4.79 Å². The lowest BCUT2D eigenvalue weighted by Crippen LogP contribution is -2.42. The van der Waals surface area contributed by atoms with Crippen molar-refractivity contribution in [3.63, 3.8) is 0 Å². The maximum atomic E-state index is 11.9. The average molecular weight is 246 g/mol. The van der Waals surface area contributed by atoms with Gasteiger partial charge in [-0.1, -0.05) is 32.0 Å². The Bertz CT molecular complexity index is 402. The van der Waals surface area contributed by atoms with Crippen molar-refractivity contribution in [2.75, 3.05) is 5.32 Å². The Hall–Kier alpha value is -1.51. The van der Waals surface area contributed by atoms with E-state index in [2.05, 4.69) is 42.7 Å². The van der Waals surface area contributed by atoms with Crippen LogP contribution in [0.4, 0.5) is 10.5 Å². The summed E-state index contributed by atoms with van der Waals surface area (Å²) in [5.41, 5.74) is 3.41. The average Bonchev–Trinajstić information content (AvgIpc) is 2.34. The highest BCUT2D eigenvalue weighted by molar-refractivity contribution is 5.91. The molecule has 2 N–H and O–H groups in total. The van der Waals surface area contributed by atoms with Gasteiger partial charge in [-0.15, -0.1) is 0 Å². The Labute approximate surface area is 109 Å². The second-order valence-corrected chi connectivity index (χ2v) is 4.88. The van der Waals surface area contributed by atoms with Crippen LogP contribution in [0.1, 0.15) is 44.2 Å². The van der Waals surface area contributed by atoms with Crippen molar-refractivity contribution in [2.24, 2.45) is 0 Å². The smallest absolute Gasteiger partial charge is 0.319 e. The molecule has 0 saturated heterocycles. The Morgan fingerprint density at radius 2 is 1.83 bits per heavy atom. The minimum atomic E-state index is -0.0599. The molecule has 1 saturated carbocycles. The molecule has 1 fully saturated rings. The fraction of sp³-hybridized carbons (Fsp3) is 0.533. The number of aryl methyl sites for hydroxylation is 2. The number of urea groups is 1. The molecule has 0 unspecified atom stereocenters. The number of carbonyl (C=O) groups excluding carboxylic acids is 1. The van der Waals surface area contributed by atoms with E-state index in [1.807, 2.05) is 0 Å². The normalized spacial score (nSPS) is 15.0. The molecule has 98 valence electrons. The van der Waals surface area contributed by atoms with Crippen LogP contribution in [0.3, 0.4) is 0 Å². The van der Waals surface area contributed by atoms with Gasteiger partial charge in [0.1, 0.15) is 0 Å². The van der Waals surface area contributed by atoms with E-state index in [4.69, 9.17) is 0 Å². The minimum Gasteiger partial charge on any atom is -0.335 e. The van der Waals surface area contributed by atoms with Crippen LogP contribution >= 0.6 is 0 Å². The SMILES string of the molecule is CCc1cccc(CC)c1NC(=O)NC1CCC1. The lowest BCUT2D eigenvalue weighted by Gasteiger charge is -2.27. The molecular formula is C15H22N2O. The third-order valence-electron chi connectivity index (χ3n) is 3.68. The van der Waals surface area contributed by atoms with Crippen LogP contribution in [0.25, 0.3) is 0 Å². The molecule has 0 spiro atoms. The first-order chi connectivity index (χ1) is 8.74. The Kier molecular flexibility index (Phi) is 4.24. The number of benzene rings is 1. The molecule has 1 aromatic rings. The molecule has 0 aliphatic heterocycles. The molecule has 1 aliphatic carbocycles. The predicted octanol–water partition coefficient (Wildman–Crippen LogP) is 3.49. The van der Waals surface area contributed by atoms with Gasteiger partial charge in [-0.3, -0.25) is 0 Å². The number of carbonyl (C=O) groups is 1. The molecule has 1 aromatic carbocycles. The molecule has 18 heavy (non-hydrogen) atoms. The van der Waals surface area contributed by atoms with E-state index in [0.29, 0.717) is 6.04 Å². The second kappa shape index (κ2) is 5.89. The first-order valence-corrected chi connectivity index (χ1v) is 6.92. The molecule has 1 aliphatic rings. The molecule has 3 heteroatoms. The fourth-order valence-corrected chi connectivity index (χ4v) is 2.29. The summed E-state index contributed by atoms with van der Waals surface area (Å²) in [7, 11) is 0. The summed E-state index contributed by atoms with van der Waals surface area (Å²) >= 11 is 0. The quantitative estimate of drug-likeness (QED) is 0.839. The zero-order valence-electron chi connectivity index (χ0n) is 11.3. The first kappa shape index (κ1) is 12.9. The van der Waals surface area contributed by atoms with E-state index < -0.39 is 0 Å². The summed E-state index contributed by atoms with van der Waals surface area (Å²) in [5, 5.41) is 6.05. The topological polar surface area (TPSA) is 41.1 Å². The lowest BCUT2D eigenvalue weighted by molar-refractivity contribution is 0.240. The van der Waals surface area contributed by atoms with Crippen molar-refractivity contribution in [2.45, 2.75) is 52.0 Å². The number of nitrogens with one attached hydrogen (secondary N) is 2. The van der Waals surface area contributed by atoms with E-state index in [1.54, 1.807) is 0 Å². The molecule has 3 nitrogen and oxygen atoms in total. The summed E-state index contributed by atoms with van der Waals surface area (Å²) in [4.78, 5) is 11.9. The molecule has 2 amide bonds. The zero-order chi connectivity index (χ0) is 13.0. The highest BCUT2D eigenvalue weighted by Gasteiger charge is 2.20. The van der Waals surface area contributed by atoms with Crippen LogP contribution in [0, 0.1) is 0 Å². The Balaban J connectivity index is 2.08. The summed E-state index contributed by atoms with van der Waals surface area (Å²) in [6.45, 7) is 4.23. The molecule has 0 aromatic heterocycles. The highest BCUT2D eigenvalue weighted by atomic mass is 16.2. The lowest BCUT2D eigenvalue weighted by atomic mass is 9.93. The number of para-hydroxylation sites is 1. The molecule has 0 atom stereocenters. The van der Waals surface area contributed by atoms with Crippen LogP contribution in [0.5, 0.6) is 0 Å². The van der Waals surface area contributed by atoms with Gasteiger partial charge in [-0.2, -0.15) is 0 Å². The number of hydrogen-bond acceptors (Lipinski definition) is 1. The van der Waals surface area contributed by atoms with Gasteiger partial charge in [0.2, 0.25) is 0 Å². The van der Waals surface area contributed by atoms with Crippen molar-refractivity contribution in [1.82, 2.24) is 5.32 Å². The Morgan fingerprint density at radius 1 is 1.22 bits per heavy atom. The number of anilines is 1.